The molecule has 1 unspecified atom stereocenters. The van der Waals surface area contributed by atoms with Crippen molar-refractivity contribution in [2.24, 2.45) is 5.73 Å². The Hall–Kier alpha value is -1.09. The van der Waals surface area contributed by atoms with E-state index in [1.807, 2.05) is 0 Å². The molecule has 0 aromatic rings. The first-order chi connectivity index (χ1) is 19.2. The van der Waals surface area contributed by atoms with Gasteiger partial charge in [-0.05, 0) is 57.8 Å². The molecule has 0 aromatic carbocycles. The molecule has 0 aliphatic heterocycles. The number of unbranched alkanes of at least 4 members (excludes halogenated alkanes) is 19. The lowest BCUT2D eigenvalue weighted by atomic mass is 10.0. The van der Waals surface area contributed by atoms with E-state index in [1.54, 1.807) is 0 Å². The molecule has 0 rings (SSSR count). The fourth-order valence-electron chi connectivity index (χ4n) is 5.06. The molecule has 0 bridgehead atoms. The molecule has 39 heavy (non-hydrogen) atoms. The Morgan fingerprint density at radius 1 is 0.564 bits per heavy atom. The molecule has 0 fully saturated rings. The molecule has 0 aromatic heterocycles. The van der Waals surface area contributed by atoms with E-state index in [9.17, 15) is 4.79 Å². The zero-order valence-corrected chi connectivity index (χ0v) is 26.6. The minimum atomic E-state index is -0.00342. The average Bonchev–Trinajstić information content (AvgIpc) is 2.93. The van der Waals surface area contributed by atoms with Crippen LogP contribution >= 0.6 is 0 Å². The summed E-state index contributed by atoms with van der Waals surface area (Å²) in [6, 6.07) is 0.373. The molecule has 0 amide bonds. The summed E-state index contributed by atoms with van der Waals surface area (Å²) >= 11 is 0. The Balaban J connectivity index is 3.31. The lowest BCUT2D eigenvalue weighted by Gasteiger charge is -2.11. The number of carbonyl (C=O) groups excluding carboxylic acids is 1. The number of hydrogen-bond donors (Lipinski definition) is 1. The Kier molecular flexibility index (Phi) is 32.2. The number of rotatable bonds is 31. The van der Waals surface area contributed by atoms with E-state index in [-0.39, 0.29) is 5.97 Å². The maximum atomic E-state index is 11.8. The highest BCUT2D eigenvalue weighted by Gasteiger charge is 2.04. The number of carbonyl (C=O) groups is 1. The summed E-state index contributed by atoms with van der Waals surface area (Å²) in [6.45, 7) is 5.12. The third kappa shape index (κ3) is 33.0. The highest BCUT2D eigenvalue weighted by Crippen LogP contribution is 2.14. The first kappa shape index (κ1) is 37.9. The largest absolute Gasteiger partial charge is 0.466 e. The summed E-state index contributed by atoms with van der Waals surface area (Å²) < 4.78 is 5.38. The van der Waals surface area contributed by atoms with Gasteiger partial charge in [0.15, 0.2) is 0 Å². The smallest absolute Gasteiger partial charge is 0.305 e. The Labute approximate surface area is 245 Å². The Morgan fingerprint density at radius 2 is 1.00 bits per heavy atom. The molecule has 0 heterocycles. The van der Waals surface area contributed by atoms with Crippen LogP contribution in [0.2, 0.25) is 0 Å². The van der Waals surface area contributed by atoms with Crippen molar-refractivity contribution in [3.05, 3.63) is 24.3 Å². The van der Waals surface area contributed by atoms with Gasteiger partial charge in [-0.1, -0.05) is 147 Å². The normalized spacial score (nSPS) is 12.6. The van der Waals surface area contributed by atoms with Crippen LogP contribution in [0.3, 0.4) is 0 Å². The second-order valence-corrected chi connectivity index (χ2v) is 11.8. The Bertz CT molecular complexity index is 542. The molecule has 0 spiro atoms. The van der Waals surface area contributed by atoms with E-state index >= 15 is 0 Å². The van der Waals surface area contributed by atoms with E-state index in [2.05, 4.69) is 38.2 Å². The quantitative estimate of drug-likeness (QED) is 0.0533. The summed E-state index contributed by atoms with van der Waals surface area (Å²) in [7, 11) is 0. The van der Waals surface area contributed by atoms with Gasteiger partial charge in [-0.25, -0.2) is 0 Å². The summed E-state index contributed by atoms with van der Waals surface area (Å²) in [5.74, 6) is -0.00342. The third-order valence-corrected chi connectivity index (χ3v) is 7.74. The van der Waals surface area contributed by atoms with Crippen LogP contribution in [0.1, 0.15) is 187 Å². The highest BCUT2D eigenvalue weighted by molar-refractivity contribution is 5.69. The molecule has 3 heteroatoms. The van der Waals surface area contributed by atoms with E-state index in [0.717, 1.165) is 32.1 Å². The summed E-state index contributed by atoms with van der Waals surface area (Å²) in [5.41, 5.74) is 6.34. The fourth-order valence-corrected chi connectivity index (χ4v) is 5.06. The third-order valence-electron chi connectivity index (χ3n) is 7.74. The second-order valence-electron chi connectivity index (χ2n) is 11.8. The molecule has 230 valence electrons. The maximum absolute atomic E-state index is 11.8. The zero-order valence-electron chi connectivity index (χ0n) is 26.6. The molecule has 3 nitrogen and oxygen atoms in total. The second kappa shape index (κ2) is 33.1. The van der Waals surface area contributed by atoms with Gasteiger partial charge >= 0.3 is 5.97 Å². The molecule has 0 saturated carbocycles. The van der Waals surface area contributed by atoms with Gasteiger partial charge in [-0.3, -0.25) is 4.79 Å². The van der Waals surface area contributed by atoms with Crippen LogP contribution in [0.4, 0.5) is 0 Å². The molecule has 0 saturated heterocycles. The van der Waals surface area contributed by atoms with Crippen molar-refractivity contribution in [1.29, 1.82) is 0 Å². The molecule has 0 radical (unpaired) electrons. The van der Waals surface area contributed by atoms with E-state index < -0.39 is 0 Å². The standard InChI is InChI=1S/C36H69NO2/c1-3-5-7-9-11-12-13-14-15-16-17-18-19-20-23-27-31-35(37)32-28-24-22-25-29-33-36(38)39-34-30-26-21-10-8-6-4-2/h11-12,14-15,35H,3-10,13,16-34,37H2,1-2H3/b12-11-,15-14-. The number of nitrogens with two attached hydrogens (primary N) is 1. The van der Waals surface area contributed by atoms with Gasteiger partial charge in [0.25, 0.3) is 0 Å². The Morgan fingerprint density at radius 3 is 1.59 bits per heavy atom. The molecule has 1 atom stereocenters. The van der Waals surface area contributed by atoms with Gasteiger partial charge in [0.2, 0.25) is 0 Å². The molecule has 0 aliphatic rings. The van der Waals surface area contributed by atoms with Crippen LogP contribution in [0.15, 0.2) is 24.3 Å². The number of allylic oxidation sites excluding steroid dienone is 4. The fraction of sp³-hybridized carbons (Fsp3) is 0.861. The minimum absolute atomic E-state index is 0.00342. The van der Waals surface area contributed by atoms with E-state index in [0.29, 0.717) is 19.1 Å². The first-order valence-electron chi connectivity index (χ1n) is 17.4. The topological polar surface area (TPSA) is 52.3 Å². The first-order valence-corrected chi connectivity index (χ1v) is 17.4. The van der Waals surface area contributed by atoms with Crippen molar-refractivity contribution < 1.29 is 9.53 Å². The van der Waals surface area contributed by atoms with Gasteiger partial charge in [0, 0.05) is 12.5 Å². The highest BCUT2D eigenvalue weighted by atomic mass is 16.5. The van der Waals surface area contributed by atoms with Gasteiger partial charge in [-0.15, -0.1) is 0 Å². The lowest BCUT2D eigenvalue weighted by molar-refractivity contribution is -0.143. The summed E-state index contributed by atoms with van der Waals surface area (Å²) in [4.78, 5) is 11.8. The molecule has 0 aliphatic carbocycles. The summed E-state index contributed by atoms with van der Waals surface area (Å²) in [5, 5.41) is 0. The maximum Gasteiger partial charge on any atom is 0.305 e. The van der Waals surface area contributed by atoms with Crippen LogP contribution < -0.4 is 5.73 Å². The minimum Gasteiger partial charge on any atom is -0.466 e. The van der Waals surface area contributed by atoms with Crippen molar-refractivity contribution in [1.82, 2.24) is 0 Å². The van der Waals surface area contributed by atoms with Gasteiger partial charge < -0.3 is 10.5 Å². The van der Waals surface area contributed by atoms with Gasteiger partial charge in [0.05, 0.1) is 6.61 Å². The van der Waals surface area contributed by atoms with Crippen molar-refractivity contribution >= 4 is 5.97 Å². The van der Waals surface area contributed by atoms with E-state index in [4.69, 9.17) is 10.5 Å². The van der Waals surface area contributed by atoms with Crippen molar-refractivity contribution in [3.8, 4) is 0 Å². The zero-order chi connectivity index (χ0) is 28.5. The van der Waals surface area contributed by atoms with Crippen LogP contribution in [-0.4, -0.2) is 18.6 Å². The van der Waals surface area contributed by atoms with Crippen LogP contribution in [0.5, 0.6) is 0 Å². The monoisotopic (exact) mass is 548 g/mol. The lowest BCUT2D eigenvalue weighted by Crippen LogP contribution is -2.19. The average molecular weight is 548 g/mol. The summed E-state index contributed by atoms with van der Waals surface area (Å²) in [6.07, 6.45) is 42.5. The van der Waals surface area contributed by atoms with Crippen molar-refractivity contribution in [2.45, 2.75) is 193 Å². The van der Waals surface area contributed by atoms with Crippen LogP contribution in [-0.2, 0) is 9.53 Å². The molecular formula is C36H69NO2. The number of esters is 1. The van der Waals surface area contributed by atoms with Gasteiger partial charge in [0.1, 0.15) is 0 Å². The molecular weight excluding hydrogens is 478 g/mol. The van der Waals surface area contributed by atoms with Gasteiger partial charge in [-0.2, -0.15) is 0 Å². The number of ether oxygens (including phenoxy) is 1. The van der Waals surface area contributed by atoms with Crippen LogP contribution in [0.25, 0.3) is 0 Å². The SMILES string of the molecule is CCCCC/C=C\C/C=C\CCCCCCCCC(N)CCCCCCCC(=O)OCCCCCCCCC. The van der Waals surface area contributed by atoms with E-state index in [1.165, 1.54) is 135 Å². The van der Waals surface area contributed by atoms with Crippen molar-refractivity contribution in [2.75, 3.05) is 6.61 Å². The predicted octanol–water partition coefficient (Wildman–Crippen LogP) is 11.5. The van der Waals surface area contributed by atoms with Crippen molar-refractivity contribution in [3.63, 3.8) is 0 Å². The number of hydrogen-bond acceptors (Lipinski definition) is 3. The van der Waals surface area contributed by atoms with Crippen LogP contribution in [0, 0.1) is 0 Å². The predicted molar refractivity (Wildman–Crippen MR) is 173 cm³/mol. The molecule has 2 N–H and O–H groups in total.